The first-order chi connectivity index (χ1) is 27.8. The number of carbonyl (C=O) groups excluding carboxylic acids is 3. The van der Waals surface area contributed by atoms with Crippen LogP contribution in [-0.4, -0.2) is 125 Å². The van der Waals surface area contributed by atoms with Crippen molar-refractivity contribution < 1.29 is 36.3 Å². The number of piperidine rings is 1. The second-order valence-corrected chi connectivity index (χ2v) is 19.4. The number of rotatable bonds is 14. The summed E-state index contributed by atoms with van der Waals surface area (Å²) in [6.07, 6.45) is 3.91. The molecule has 314 valence electrons. The molecule has 4 aliphatic heterocycles. The van der Waals surface area contributed by atoms with E-state index in [1.54, 1.807) is 25.1 Å². The van der Waals surface area contributed by atoms with Crippen LogP contribution < -0.4 is 10.2 Å². The molecule has 4 saturated heterocycles. The topological polar surface area (TPSA) is 120 Å². The summed E-state index contributed by atoms with van der Waals surface area (Å²) >= 11 is 0. The van der Waals surface area contributed by atoms with Gasteiger partial charge in [-0.1, -0.05) is 24.5 Å². The Morgan fingerprint density at radius 1 is 0.966 bits per heavy atom. The quantitative estimate of drug-likeness (QED) is 0.221. The summed E-state index contributed by atoms with van der Waals surface area (Å²) in [7, 11) is -2.31. The molecule has 14 heteroatoms. The van der Waals surface area contributed by atoms with Gasteiger partial charge in [0.1, 0.15) is 17.2 Å². The number of benzene rings is 2. The minimum atomic E-state index is -3.72. The van der Waals surface area contributed by atoms with E-state index in [1.807, 2.05) is 23.1 Å². The number of sulfone groups is 1. The lowest BCUT2D eigenvalue weighted by Gasteiger charge is -2.51. The van der Waals surface area contributed by atoms with Crippen LogP contribution in [0.2, 0.25) is 0 Å². The number of carbonyl (C=O) groups is 3. The Labute approximate surface area is 341 Å². The SMILES string of the molecule is CC#CC(=O)N1CC(S(=O)(=O)c2ccc(N3CC(CN4CCC([C@@](CNC(C)=O)(c5cccc(F)c5)[C@H]5CCC[C@@H]5CC(=O)OC)CC4)C3)cc2CN2CC(F)C2)C1. The first kappa shape index (κ1) is 42.1. The number of halogens is 2. The van der Waals surface area contributed by atoms with Crippen LogP contribution in [0.3, 0.4) is 0 Å². The Kier molecular flexibility index (Phi) is 12.8. The van der Waals surface area contributed by atoms with Gasteiger partial charge in [-0.15, -0.1) is 0 Å². The molecular weight excluding hydrogens is 765 g/mol. The summed E-state index contributed by atoms with van der Waals surface area (Å²) in [5, 5.41) is 2.43. The van der Waals surface area contributed by atoms with Gasteiger partial charge in [0.25, 0.3) is 5.91 Å². The van der Waals surface area contributed by atoms with Gasteiger partial charge in [0.2, 0.25) is 5.91 Å². The molecule has 2 amide bonds. The van der Waals surface area contributed by atoms with Gasteiger partial charge in [0, 0.05) is 89.3 Å². The van der Waals surface area contributed by atoms with Crippen molar-refractivity contribution in [1.82, 2.24) is 20.0 Å². The third kappa shape index (κ3) is 8.77. The molecule has 0 bridgehead atoms. The summed E-state index contributed by atoms with van der Waals surface area (Å²) in [5.41, 5.74) is 1.95. The maximum absolute atomic E-state index is 15.0. The van der Waals surface area contributed by atoms with Crippen molar-refractivity contribution in [2.75, 3.05) is 77.5 Å². The molecular formula is C44H57F2N5O6S. The van der Waals surface area contributed by atoms with E-state index in [9.17, 15) is 31.6 Å². The number of nitrogens with one attached hydrogen (secondary N) is 1. The summed E-state index contributed by atoms with van der Waals surface area (Å²) < 4.78 is 61.5. The molecule has 2 aromatic rings. The molecule has 0 radical (unpaired) electrons. The average Bonchev–Trinajstić information content (AvgIpc) is 3.60. The molecule has 0 unspecified atom stereocenters. The second-order valence-electron chi connectivity index (χ2n) is 17.2. The van der Waals surface area contributed by atoms with Crippen molar-refractivity contribution in [2.45, 2.75) is 80.6 Å². The normalized spacial score (nSPS) is 23.5. The van der Waals surface area contributed by atoms with Gasteiger partial charge >= 0.3 is 5.97 Å². The minimum Gasteiger partial charge on any atom is -0.469 e. The van der Waals surface area contributed by atoms with Crippen molar-refractivity contribution in [2.24, 2.45) is 23.7 Å². The summed E-state index contributed by atoms with van der Waals surface area (Å²) in [6.45, 7) is 8.89. The van der Waals surface area contributed by atoms with Crippen LogP contribution in [0.5, 0.6) is 0 Å². The number of anilines is 1. The molecule has 0 spiro atoms. The fraction of sp³-hybridized carbons (Fsp3) is 0.614. The Hall–Kier alpha value is -4.06. The zero-order valence-corrected chi connectivity index (χ0v) is 34.7. The molecule has 1 N–H and O–H groups in total. The molecule has 0 aromatic heterocycles. The van der Waals surface area contributed by atoms with Crippen molar-refractivity contribution in [1.29, 1.82) is 0 Å². The standard InChI is InChI=1S/C44H57F2N5O6S/c1-4-7-42(53)51-27-39(28-51)58(55,56)41-13-12-38(18-33(41)24-49-25-37(46)26-49)50-22-31(23-50)21-48-16-14-34(15-17-48)44(29-47-30(2)52,35-9-6-10-36(45)20-35)40-11-5-8-32(40)19-43(54)57-3/h6,9-10,12-13,18,20,31-32,34,37,39-40H,5,8,11,14-17,19,21-29H2,1-3H3,(H,47,52)/t32-,40+,44+/m1/s1. The largest absolute Gasteiger partial charge is 0.469 e. The Morgan fingerprint density at radius 2 is 1.71 bits per heavy atom. The van der Waals surface area contributed by atoms with Gasteiger partial charge in [-0.05, 0) is 111 Å². The number of esters is 1. The zero-order valence-electron chi connectivity index (χ0n) is 33.9. The molecule has 1 aliphatic carbocycles. The lowest BCUT2D eigenvalue weighted by molar-refractivity contribution is -0.142. The van der Waals surface area contributed by atoms with Crippen LogP contribution in [0.1, 0.15) is 63.5 Å². The highest BCUT2D eigenvalue weighted by atomic mass is 32.2. The predicted octanol–water partition coefficient (Wildman–Crippen LogP) is 4.19. The maximum Gasteiger partial charge on any atom is 0.305 e. The third-order valence-corrected chi connectivity index (χ3v) is 15.8. The van der Waals surface area contributed by atoms with Gasteiger partial charge in [-0.25, -0.2) is 17.2 Å². The van der Waals surface area contributed by atoms with Crippen LogP contribution in [0.4, 0.5) is 14.5 Å². The number of methoxy groups -OCH3 is 1. The van der Waals surface area contributed by atoms with E-state index in [4.69, 9.17) is 4.74 Å². The van der Waals surface area contributed by atoms with E-state index >= 15 is 0 Å². The minimum absolute atomic E-state index is 0.0739. The van der Waals surface area contributed by atoms with Crippen LogP contribution in [0.25, 0.3) is 0 Å². The van der Waals surface area contributed by atoms with Crippen LogP contribution in [-0.2, 0) is 40.9 Å². The third-order valence-electron chi connectivity index (χ3n) is 13.6. The van der Waals surface area contributed by atoms with Gasteiger partial charge in [-0.3, -0.25) is 19.3 Å². The molecule has 3 atom stereocenters. The monoisotopic (exact) mass is 821 g/mol. The Balaban J connectivity index is 1.02. The Bertz CT molecular complexity index is 2010. The highest BCUT2D eigenvalue weighted by Gasteiger charge is 2.52. The second kappa shape index (κ2) is 17.7. The highest BCUT2D eigenvalue weighted by Crippen LogP contribution is 2.53. The Morgan fingerprint density at radius 3 is 2.36 bits per heavy atom. The first-order valence-corrected chi connectivity index (χ1v) is 22.3. The number of ether oxygens (including phenoxy) is 1. The summed E-state index contributed by atoms with van der Waals surface area (Å²) in [4.78, 5) is 45.6. The molecule has 58 heavy (non-hydrogen) atoms. The van der Waals surface area contributed by atoms with E-state index in [0.29, 0.717) is 31.0 Å². The fourth-order valence-corrected chi connectivity index (χ4v) is 12.4. The fourth-order valence-electron chi connectivity index (χ4n) is 10.5. The van der Waals surface area contributed by atoms with E-state index < -0.39 is 26.7 Å². The number of amides is 2. The van der Waals surface area contributed by atoms with E-state index in [-0.39, 0.29) is 72.4 Å². The predicted molar refractivity (Wildman–Crippen MR) is 217 cm³/mol. The lowest BCUT2D eigenvalue weighted by atomic mass is 9.57. The molecule has 4 heterocycles. The molecule has 5 aliphatic rings. The molecule has 1 saturated carbocycles. The van der Waals surface area contributed by atoms with Crippen molar-refractivity contribution in [3.63, 3.8) is 0 Å². The van der Waals surface area contributed by atoms with Crippen molar-refractivity contribution >= 4 is 33.3 Å². The van der Waals surface area contributed by atoms with E-state index in [1.165, 1.54) is 25.0 Å². The molecule has 2 aromatic carbocycles. The van der Waals surface area contributed by atoms with Gasteiger partial charge in [0.05, 0.1) is 12.0 Å². The molecule has 7 rings (SSSR count). The number of nitrogens with zero attached hydrogens (tertiary/aromatic N) is 4. The van der Waals surface area contributed by atoms with E-state index in [0.717, 1.165) is 76.1 Å². The number of likely N-dealkylation sites (tertiary alicyclic amines) is 3. The van der Waals surface area contributed by atoms with Crippen LogP contribution in [0.15, 0.2) is 47.4 Å². The smallest absolute Gasteiger partial charge is 0.305 e. The average molecular weight is 822 g/mol. The number of hydrogen-bond acceptors (Lipinski definition) is 9. The van der Waals surface area contributed by atoms with Crippen molar-refractivity contribution in [3.8, 4) is 11.8 Å². The maximum atomic E-state index is 15.0. The highest BCUT2D eigenvalue weighted by molar-refractivity contribution is 7.92. The van der Waals surface area contributed by atoms with Crippen LogP contribution in [0, 0.1) is 41.3 Å². The van der Waals surface area contributed by atoms with Crippen molar-refractivity contribution in [3.05, 3.63) is 59.4 Å². The van der Waals surface area contributed by atoms with Gasteiger partial charge in [0.15, 0.2) is 9.84 Å². The number of alkyl halides is 1. The van der Waals surface area contributed by atoms with Gasteiger partial charge < -0.3 is 24.8 Å². The molecule has 11 nitrogen and oxygen atoms in total. The number of hydrogen-bond donors (Lipinski definition) is 1. The van der Waals surface area contributed by atoms with Gasteiger partial charge in [-0.2, -0.15) is 0 Å². The van der Waals surface area contributed by atoms with E-state index in [2.05, 4.69) is 27.0 Å². The lowest BCUT2D eigenvalue weighted by Crippen LogP contribution is -2.57. The molecule has 5 fully saturated rings. The first-order valence-electron chi connectivity index (χ1n) is 20.8. The summed E-state index contributed by atoms with van der Waals surface area (Å²) in [6, 6.07) is 12.3. The van der Waals surface area contributed by atoms with Crippen LogP contribution >= 0.6 is 0 Å². The summed E-state index contributed by atoms with van der Waals surface area (Å²) in [5.74, 6) is 4.74. The zero-order chi connectivity index (χ0) is 41.2.